The van der Waals surface area contributed by atoms with Crippen molar-refractivity contribution in [3.05, 3.63) is 0 Å². The molecule has 0 amide bonds. The molecular formula is C49H95BrO10. The minimum absolute atomic E-state index is 0.0437. The molecule has 0 spiro atoms. The summed E-state index contributed by atoms with van der Waals surface area (Å²) in [6, 6.07) is 0. The molecule has 60 heavy (non-hydrogen) atoms. The minimum Gasteiger partial charge on any atom is -0.481 e. The quantitative estimate of drug-likeness (QED) is 0.0631. The predicted molar refractivity (Wildman–Crippen MR) is 248 cm³/mol. The lowest BCUT2D eigenvalue weighted by atomic mass is 9.77. The third kappa shape index (κ3) is 19.4. The molecule has 6 aliphatic heterocycles. The van der Waals surface area contributed by atoms with E-state index in [0.717, 1.165) is 103 Å². The molecule has 0 unspecified atom stereocenters. The Morgan fingerprint density at radius 2 is 0.800 bits per heavy atom. The van der Waals surface area contributed by atoms with Crippen molar-refractivity contribution in [2.45, 2.75) is 211 Å². The van der Waals surface area contributed by atoms with E-state index in [1.165, 1.54) is 64.2 Å². The number of alkyl halides is 1. The number of ether oxygens (including phenoxy) is 8. The predicted octanol–water partition coefficient (Wildman–Crippen LogP) is 13.1. The molecule has 6 rings (SSSR count). The summed E-state index contributed by atoms with van der Waals surface area (Å²) in [5.74, 6) is -2.25. The Bertz CT molecular complexity index is 1020. The van der Waals surface area contributed by atoms with E-state index in [4.69, 9.17) is 43.0 Å². The van der Waals surface area contributed by atoms with Gasteiger partial charge in [-0.05, 0) is 48.3 Å². The van der Waals surface area contributed by atoms with Crippen LogP contribution < -0.4 is 0 Å². The van der Waals surface area contributed by atoms with Crippen LogP contribution in [0.25, 0.3) is 0 Å². The van der Waals surface area contributed by atoms with Crippen LogP contribution in [-0.4, -0.2) is 94.4 Å². The first-order valence-electron chi connectivity index (χ1n) is 24.3. The van der Waals surface area contributed by atoms with Crippen LogP contribution >= 0.6 is 15.9 Å². The molecular weight excluding hydrogens is 828 g/mol. The zero-order valence-corrected chi connectivity index (χ0v) is 42.6. The summed E-state index contributed by atoms with van der Waals surface area (Å²) < 4.78 is 45.5. The standard InChI is InChI=1S/C18H34O4.C13H26O3.C9H15BrO3.C9H20/c1-5-17(6-2,7-3)10-12-19-11-8-9-18-20-13-16(4,14-21-18)15-22-18;1-4-13(5-2,6-3)9-11-16-10-7-8-12(14)15;1-8-5-11-9(12-6-8,13-7-8)3-2-4-10;1-5-9(6-2,7-3)8-4/h5-15H2,1-4H3;4-11H2,1-3H3,(H,14,15);2-7H2,1H3;5-8H2,1-4H3. The second-order valence-electron chi connectivity index (χ2n) is 18.9. The van der Waals surface area contributed by atoms with Gasteiger partial charge in [0.25, 0.3) is 11.9 Å². The Morgan fingerprint density at radius 3 is 1.07 bits per heavy atom. The molecule has 6 fully saturated rings. The molecule has 0 atom stereocenters. The average Bonchev–Trinajstić information content (AvgIpc) is 3.28. The molecule has 0 radical (unpaired) electrons. The highest BCUT2D eigenvalue weighted by Crippen LogP contribution is 2.42. The van der Waals surface area contributed by atoms with Gasteiger partial charge in [0.05, 0.1) is 39.6 Å². The number of aliphatic carboxylic acids is 1. The molecule has 4 bridgehead atoms. The maximum Gasteiger partial charge on any atom is 0.303 e. The Hall–Kier alpha value is -0.370. The van der Waals surface area contributed by atoms with Crippen LogP contribution in [0.5, 0.6) is 0 Å². The number of hydrogen-bond acceptors (Lipinski definition) is 9. The fraction of sp³-hybridized carbons (Fsp3) is 0.980. The molecule has 1 N–H and O–H groups in total. The van der Waals surface area contributed by atoms with Crippen LogP contribution in [0.2, 0.25) is 0 Å². The van der Waals surface area contributed by atoms with Crippen molar-refractivity contribution in [1.29, 1.82) is 0 Å². The highest BCUT2D eigenvalue weighted by atomic mass is 79.9. The minimum atomic E-state index is -0.791. The number of hydrogen-bond donors (Lipinski definition) is 1. The maximum absolute atomic E-state index is 10.3. The van der Waals surface area contributed by atoms with Gasteiger partial charge in [-0.1, -0.05) is 163 Å². The first-order valence-corrected chi connectivity index (χ1v) is 25.4. The first kappa shape index (κ1) is 57.6. The lowest BCUT2D eigenvalue weighted by Crippen LogP contribution is -2.58. The summed E-state index contributed by atoms with van der Waals surface area (Å²) in [7, 11) is 0. The molecule has 11 heteroatoms. The van der Waals surface area contributed by atoms with Crippen LogP contribution in [0.15, 0.2) is 0 Å². The Labute approximate surface area is 377 Å². The van der Waals surface area contributed by atoms with E-state index in [1.54, 1.807) is 0 Å². The Balaban J connectivity index is 0.000000420. The molecule has 0 aromatic rings. The summed E-state index contributed by atoms with van der Waals surface area (Å²) >= 11 is 3.39. The largest absolute Gasteiger partial charge is 0.481 e. The second kappa shape index (κ2) is 29.2. The van der Waals surface area contributed by atoms with Crippen molar-refractivity contribution >= 4 is 21.9 Å². The van der Waals surface area contributed by atoms with Crippen LogP contribution in [0.4, 0.5) is 0 Å². The van der Waals surface area contributed by atoms with E-state index >= 15 is 0 Å². The van der Waals surface area contributed by atoms with Gasteiger partial charge < -0.3 is 43.0 Å². The number of halogens is 1. The number of carboxylic acids is 1. The van der Waals surface area contributed by atoms with E-state index in [9.17, 15) is 4.79 Å². The average molecular weight is 924 g/mol. The second-order valence-corrected chi connectivity index (χ2v) is 19.7. The zero-order chi connectivity index (χ0) is 45.2. The van der Waals surface area contributed by atoms with Crippen LogP contribution in [0, 0.1) is 27.1 Å². The van der Waals surface area contributed by atoms with E-state index in [1.807, 2.05) is 0 Å². The molecule has 6 heterocycles. The van der Waals surface area contributed by atoms with Gasteiger partial charge in [-0.25, -0.2) is 0 Å². The summed E-state index contributed by atoms with van der Waals surface area (Å²) in [5.41, 5.74) is 1.68. The molecule has 0 aromatic heterocycles. The topological polar surface area (TPSA) is 111 Å². The maximum atomic E-state index is 10.3. The zero-order valence-electron chi connectivity index (χ0n) is 41.0. The molecule has 0 aromatic carbocycles. The third-order valence-corrected chi connectivity index (χ3v) is 15.5. The number of fused-ring (bicyclic) bond motifs is 6. The molecule has 10 nitrogen and oxygen atoms in total. The van der Waals surface area contributed by atoms with Gasteiger partial charge in [-0.15, -0.1) is 0 Å². The normalized spacial score (nSPS) is 26.0. The van der Waals surface area contributed by atoms with Crippen molar-refractivity contribution in [2.75, 3.05) is 71.4 Å². The Kier molecular flexibility index (Phi) is 28.1. The fourth-order valence-electron chi connectivity index (χ4n) is 8.48. The van der Waals surface area contributed by atoms with Crippen molar-refractivity contribution in [3.8, 4) is 0 Å². The molecule has 358 valence electrons. The van der Waals surface area contributed by atoms with Gasteiger partial charge in [0, 0.05) is 61.9 Å². The van der Waals surface area contributed by atoms with Gasteiger partial charge >= 0.3 is 5.97 Å². The highest BCUT2D eigenvalue weighted by Gasteiger charge is 2.51. The monoisotopic (exact) mass is 923 g/mol. The highest BCUT2D eigenvalue weighted by molar-refractivity contribution is 9.09. The van der Waals surface area contributed by atoms with Crippen LogP contribution in [0.1, 0.15) is 199 Å². The molecule has 0 aliphatic carbocycles. The van der Waals surface area contributed by atoms with Crippen LogP contribution in [-0.2, 0) is 42.7 Å². The Morgan fingerprint density at radius 1 is 0.500 bits per heavy atom. The first-order chi connectivity index (χ1) is 28.5. The van der Waals surface area contributed by atoms with E-state index in [-0.39, 0.29) is 17.3 Å². The fourth-order valence-corrected chi connectivity index (χ4v) is 8.76. The summed E-state index contributed by atoms with van der Waals surface area (Å²) in [4.78, 5) is 10.3. The van der Waals surface area contributed by atoms with Crippen molar-refractivity contribution in [1.82, 2.24) is 0 Å². The van der Waals surface area contributed by atoms with Gasteiger partial charge in [0.15, 0.2) is 0 Å². The van der Waals surface area contributed by atoms with Crippen LogP contribution in [0.3, 0.4) is 0 Å². The van der Waals surface area contributed by atoms with Crippen molar-refractivity contribution in [3.63, 3.8) is 0 Å². The van der Waals surface area contributed by atoms with E-state index < -0.39 is 17.9 Å². The molecule has 6 saturated heterocycles. The van der Waals surface area contributed by atoms with E-state index in [2.05, 4.69) is 99.0 Å². The smallest absolute Gasteiger partial charge is 0.303 e. The number of rotatable bonds is 27. The number of carboxylic acid groups (broad SMARTS) is 1. The molecule has 6 aliphatic rings. The lowest BCUT2D eigenvalue weighted by Gasteiger charge is -2.50. The summed E-state index contributed by atoms with van der Waals surface area (Å²) in [5, 5.41) is 9.42. The van der Waals surface area contributed by atoms with E-state index in [0.29, 0.717) is 29.3 Å². The van der Waals surface area contributed by atoms with Crippen molar-refractivity contribution < 1.29 is 47.8 Å². The third-order valence-electron chi connectivity index (χ3n) is 15.0. The SMILES string of the molecule is CC12COC(CCCBr)(OC1)OC2.CCC(CC)(CC)CC.CCC(CC)(CC)CCOCCCC(=O)O.CCC(CC)(CC)CCOCCCC12OCC(C)(CO1)CO2. The van der Waals surface area contributed by atoms with Gasteiger partial charge in [0.1, 0.15) is 0 Å². The van der Waals surface area contributed by atoms with Gasteiger partial charge in [0.2, 0.25) is 0 Å². The number of carbonyl (C=O) groups is 1. The van der Waals surface area contributed by atoms with Gasteiger partial charge in [-0.2, -0.15) is 0 Å². The van der Waals surface area contributed by atoms with Gasteiger partial charge in [-0.3, -0.25) is 4.79 Å². The summed E-state index contributed by atoms with van der Waals surface area (Å²) in [6.45, 7) is 34.5. The van der Waals surface area contributed by atoms with Crippen molar-refractivity contribution in [2.24, 2.45) is 27.1 Å². The lowest BCUT2D eigenvalue weighted by molar-refractivity contribution is -0.468. The molecule has 0 saturated carbocycles. The summed E-state index contributed by atoms with van der Waals surface area (Å²) in [6.07, 6.45) is 19.2.